The molecule has 32 heavy (non-hydrogen) atoms. The van der Waals surface area contributed by atoms with Crippen LogP contribution >= 0.6 is 0 Å². The average Bonchev–Trinajstić information content (AvgIpc) is 2.53. The molecule has 0 rings (SSSR count). The molecular weight excluding hydrogens is 616 g/mol. The predicted molar refractivity (Wildman–Crippen MR) is 149 cm³/mol. The van der Waals surface area contributed by atoms with Crippen molar-refractivity contribution in [3.63, 3.8) is 0 Å². The van der Waals surface area contributed by atoms with E-state index in [0.29, 0.717) is 3.43 Å². The first-order valence-corrected chi connectivity index (χ1v) is 21.9. The Bertz CT molecular complexity index is 404. The first kappa shape index (κ1) is 37.8. The molecule has 198 valence electrons. The Hall–Kier alpha value is 1.28. The molecule has 0 radical (unpaired) electrons. The summed E-state index contributed by atoms with van der Waals surface area (Å²) in [5, 5.41) is 0. The van der Waals surface area contributed by atoms with Gasteiger partial charge in [0.25, 0.3) is 0 Å². The topological polar surface area (TPSA) is 31.9 Å². The quantitative estimate of drug-likeness (QED) is 0.344. The van der Waals surface area contributed by atoms with Crippen molar-refractivity contribution in [1.29, 1.82) is 0 Å². The molecule has 0 saturated heterocycles. The van der Waals surface area contributed by atoms with Crippen molar-refractivity contribution in [2.75, 3.05) is 112 Å². The second kappa shape index (κ2) is 16.9. The fourth-order valence-corrected chi connectivity index (χ4v) is 37.9. The second-order valence-corrected chi connectivity index (χ2v) is 39.7. The van der Waals surface area contributed by atoms with Crippen LogP contribution in [0.3, 0.4) is 0 Å². The molecule has 0 aliphatic carbocycles. The Morgan fingerprint density at radius 3 is 0.688 bits per heavy atom. The van der Waals surface area contributed by atoms with E-state index in [9.17, 15) is 0 Å². The fraction of sp³-hybridized carbons (Fsp3) is 1.00. The molecule has 0 aliphatic heterocycles. The van der Waals surface area contributed by atoms with Gasteiger partial charge in [0, 0.05) is 13.2 Å². The molecule has 0 aromatic carbocycles. The molecule has 0 aliphatic rings. The van der Waals surface area contributed by atoms with Crippen molar-refractivity contribution in [2.45, 2.75) is 38.0 Å². The van der Waals surface area contributed by atoms with Crippen molar-refractivity contribution in [3.8, 4) is 0 Å². The summed E-state index contributed by atoms with van der Waals surface area (Å²) < 4.78 is 22.2. The van der Waals surface area contributed by atoms with E-state index in [-0.39, 0.29) is 0 Å². The second-order valence-electron chi connectivity index (χ2n) is 10.5. The molecule has 0 saturated carbocycles. The van der Waals surface area contributed by atoms with E-state index in [1.165, 1.54) is 0 Å². The third kappa shape index (κ3) is 9.73. The van der Waals surface area contributed by atoms with Gasteiger partial charge in [-0.15, -0.1) is 0 Å². The Labute approximate surface area is 214 Å². The molecule has 10 heteroatoms. The first-order chi connectivity index (χ1) is 14.3. The molecule has 0 unspecified atom stereocenters. The van der Waals surface area contributed by atoms with Gasteiger partial charge in [0.1, 0.15) is 0 Å². The van der Waals surface area contributed by atoms with Gasteiger partial charge in [-0.25, -0.2) is 0 Å². The summed E-state index contributed by atoms with van der Waals surface area (Å²) in [7, 11) is 30.8. The molecule has 0 heterocycles. The summed E-state index contributed by atoms with van der Waals surface area (Å²) >= 11 is -5.18. The zero-order chi connectivity index (χ0) is 26.7. The van der Waals surface area contributed by atoms with E-state index >= 15 is 0 Å². The molecule has 0 N–H and O–H groups in total. The van der Waals surface area contributed by atoms with Crippen molar-refractivity contribution < 1.29 is 4.74 Å². The molecule has 0 aromatic heterocycles. The number of rotatable bonds is 9. The zero-order valence-electron chi connectivity index (χ0n) is 25.5. The van der Waals surface area contributed by atoms with Gasteiger partial charge in [0.05, 0.1) is 0 Å². The standard InChI is InChI=1S/C4H10O.C4H9.7C2H6N.2Sn/c1-3-5-4-2;1-4(2)3;7*1-3-2;;/h3-4H2,1-2H3;1-3H3;7*1-2H3;;/q;;7*-1;+3;+4. The Balaban J connectivity index is -0.000000436. The van der Waals surface area contributed by atoms with Crippen LogP contribution in [0.1, 0.15) is 34.6 Å². The fourth-order valence-electron chi connectivity index (χ4n) is 5.82. The molecule has 0 atom stereocenters. The molecule has 0 bridgehead atoms. The van der Waals surface area contributed by atoms with Crippen LogP contribution in [0.4, 0.5) is 0 Å². The maximum absolute atomic E-state index is 4.83. The van der Waals surface area contributed by atoms with Crippen molar-refractivity contribution in [3.05, 3.63) is 0 Å². The van der Waals surface area contributed by atoms with E-state index in [1.807, 2.05) is 13.8 Å². The third-order valence-corrected chi connectivity index (χ3v) is 35.8. The first-order valence-electron chi connectivity index (χ1n) is 11.6. The Kier molecular flexibility index (Phi) is 19.9. The number of hydrogen-bond donors (Lipinski definition) is 0. The SMILES string of the molecule is CCOCC.C[N](C)[Sn]([N](C)C)([N](C)C)[C](C)(C)C.C[N](C)[Sn]([N](C)C)([N](C)C)[N](C)C. The van der Waals surface area contributed by atoms with E-state index in [0.717, 1.165) is 13.2 Å². The van der Waals surface area contributed by atoms with Crippen LogP contribution < -0.4 is 0 Å². The van der Waals surface area contributed by atoms with Gasteiger partial charge < -0.3 is 4.74 Å². The monoisotopic (exact) mass is 679 g/mol. The van der Waals surface area contributed by atoms with Gasteiger partial charge >= 0.3 is 183 Å². The van der Waals surface area contributed by atoms with Gasteiger partial charge in [0.15, 0.2) is 0 Å². The third-order valence-electron chi connectivity index (χ3n) is 5.69. The van der Waals surface area contributed by atoms with Gasteiger partial charge in [-0.1, -0.05) is 0 Å². The van der Waals surface area contributed by atoms with Gasteiger partial charge in [-0.05, 0) is 13.8 Å². The number of ether oxygens (including phenoxy) is 1. The van der Waals surface area contributed by atoms with Crippen LogP contribution in [0, 0.1) is 0 Å². The van der Waals surface area contributed by atoms with Crippen molar-refractivity contribution >= 4 is 38.7 Å². The summed E-state index contributed by atoms with van der Waals surface area (Å²) in [5.41, 5.74) is 0. The minimum absolute atomic E-state index is 0.366. The maximum atomic E-state index is 4.83. The normalized spacial score (nSPS) is 13.3. The van der Waals surface area contributed by atoms with E-state index in [1.54, 1.807) is 0 Å². The van der Waals surface area contributed by atoms with Gasteiger partial charge in [0.2, 0.25) is 0 Å². The Morgan fingerprint density at radius 2 is 0.688 bits per heavy atom. The zero-order valence-corrected chi connectivity index (χ0v) is 31.2. The molecule has 8 nitrogen and oxygen atoms in total. The van der Waals surface area contributed by atoms with Crippen molar-refractivity contribution in [2.24, 2.45) is 0 Å². The molecular formula is C22H61N7OSn2. The van der Waals surface area contributed by atoms with Crippen LogP contribution in [-0.2, 0) is 4.74 Å². The van der Waals surface area contributed by atoms with Gasteiger partial charge in [-0.3, -0.25) is 0 Å². The van der Waals surface area contributed by atoms with Crippen LogP contribution in [0.15, 0.2) is 0 Å². The molecule has 0 aromatic rings. The van der Waals surface area contributed by atoms with E-state index in [4.69, 9.17) is 4.74 Å². The van der Waals surface area contributed by atoms with Crippen LogP contribution in [0.5, 0.6) is 0 Å². The Morgan fingerprint density at radius 1 is 0.469 bits per heavy atom. The van der Waals surface area contributed by atoms with Gasteiger partial charge in [-0.2, -0.15) is 0 Å². The summed E-state index contributed by atoms with van der Waals surface area (Å²) in [6.07, 6.45) is 0. The van der Waals surface area contributed by atoms with Crippen LogP contribution in [0.2, 0.25) is 3.43 Å². The molecule has 0 spiro atoms. The molecule has 0 amide bonds. The van der Waals surface area contributed by atoms with Crippen molar-refractivity contribution in [1.82, 2.24) is 21.9 Å². The summed E-state index contributed by atoms with van der Waals surface area (Å²) in [6, 6.07) is 0. The average molecular weight is 677 g/mol. The van der Waals surface area contributed by atoms with E-state index < -0.39 is 38.7 Å². The van der Waals surface area contributed by atoms with E-state index in [2.05, 4.69) is 141 Å². The minimum atomic E-state index is -2.59. The predicted octanol–water partition coefficient (Wildman–Crippen LogP) is 2.12. The van der Waals surface area contributed by atoms with Crippen LogP contribution in [0.25, 0.3) is 0 Å². The number of nitrogens with zero attached hydrogens (tertiary/aromatic N) is 7. The molecule has 0 fully saturated rings. The summed E-state index contributed by atoms with van der Waals surface area (Å²) in [5.74, 6) is 0. The number of hydrogen-bond acceptors (Lipinski definition) is 8. The van der Waals surface area contributed by atoms with Crippen LogP contribution in [-0.4, -0.2) is 172 Å². The summed E-state index contributed by atoms with van der Waals surface area (Å²) in [4.78, 5) is 0. The summed E-state index contributed by atoms with van der Waals surface area (Å²) in [6.45, 7) is 12.8.